The Labute approximate surface area is 129 Å². The number of sulfonamides is 1. The van der Waals surface area contributed by atoms with Crippen molar-refractivity contribution in [2.24, 2.45) is 0 Å². The molecule has 10 heteroatoms. The van der Waals surface area contributed by atoms with Gasteiger partial charge >= 0.3 is 12.1 Å². The molecule has 0 aliphatic carbocycles. The quantitative estimate of drug-likeness (QED) is 0.898. The third kappa shape index (κ3) is 3.16. The van der Waals surface area contributed by atoms with Gasteiger partial charge in [0.25, 0.3) is 0 Å². The monoisotopic (exact) mass is 348 g/mol. The first-order valence-corrected chi connectivity index (χ1v) is 7.89. The van der Waals surface area contributed by atoms with Crippen LogP contribution in [0.5, 0.6) is 0 Å². The first-order chi connectivity index (χ1) is 10.6. The number of aliphatic carboxylic acids is 1. The Kier molecular flexibility index (Phi) is 4.37. The standard InChI is InChI=1S/C13H11F3N2O4S/c14-13(15,16)9-6-8(7-17)3-4-11(9)23(21,22)18-5-1-2-10(18)12(19)20/h3-4,6,10H,1-2,5H2,(H,19,20). The molecule has 6 nitrogen and oxygen atoms in total. The number of alkyl halides is 3. The Morgan fingerprint density at radius 1 is 1.39 bits per heavy atom. The van der Waals surface area contributed by atoms with E-state index in [1.54, 1.807) is 0 Å². The molecule has 23 heavy (non-hydrogen) atoms. The fourth-order valence-electron chi connectivity index (χ4n) is 2.45. The SMILES string of the molecule is N#Cc1ccc(S(=O)(=O)N2CCCC2C(=O)O)c(C(F)(F)F)c1. The van der Waals surface area contributed by atoms with Gasteiger partial charge in [-0.2, -0.15) is 22.7 Å². The summed E-state index contributed by atoms with van der Waals surface area (Å²) in [6, 6.07) is 2.20. The molecule has 1 aromatic rings. The van der Waals surface area contributed by atoms with Crippen LogP contribution in [0.15, 0.2) is 23.1 Å². The van der Waals surface area contributed by atoms with Crippen LogP contribution < -0.4 is 0 Å². The van der Waals surface area contributed by atoms with E-state index in [1.165, 1.54) is 6.07 Å². The second-order valence-electron chi connectivity index (χ2n) is 4.93. The highest BCUT2D eigenvalue weighted by Crippen LogP contribution is 2.37. The van der Waals surface area contributed by atoms with Crippen molar-refractivity contribution in [3.63, 3.8) is 0 Å². The Hall–Kier alpha value is -2.12. The predicted molar refractivity (Wildman–Crippen MR) is 70.7 cm³/mol. The van der Waals surface area contributed by atoms with E-state index in [9.17, 15) is 26.4 Å². The van der Waals surface area contributed by atoms with Crippen LogP contribution in [0, 0.1) is 11.3 Å². The highest BCUT2D eigenvalue weighted by molar-refractivity contribution is 7.89. The van der Waals surface area contributed by atoms with E-state index in [2.05, 4.69) is 0 Å². The third-order valence-electron chi connectivity index (χ3n) is 3.49. The maximum absolute atomic E-state index is 13.1. The first-order valence-electron chi connectivity index (χ1n) is 6.45. The molecule has 0 saturated carbocycles. The van der Waals surface area contributed by atoms with Crippen molar-refractivity contribution in [2.75, 3.05) is 6.54 Å². The van der Waals surface area contributed by atoms with Crippen molar-refractivity contribution >= 4 is 16.0 Å². The van der Waals surface area contributed by atoms with Gasteiger partial charge in [-0.25, -0.2) is 8.42 Å². The van der Waals surface area contributed by atoms with Crippen LogP contribution in [0.2, 0.25) is 0 Å². The third-order valence-corrected chi connectivity index (χ3v) is 5.46. The van der Waals surface area contributed by atoms with Crippen molar-refractivity contribution in [3.8, 4) is 6.07 Å². The number of rotatable bonds is 3. The topological polar surface area (TPSA) is 98.5 Å². The summed E-state index contributed by atoms with van der Waals surface area (Å²) >= 11 is 0. The van der Waals surface area contributed by atoms with E-state index < -0.39 is 38.7 Å². The van der Waals surface area contributed by atoms with Gasteiger partial charge < -0.3 is 5.11 Å². The minimum absolute atomic E-state index is 0.0339. The molecule has 0 radical (unpaired) electrons. The number of nitrogens with zero attached hydrogens (tertiary/aromatic N) is 2. The number of nitriles is 1. The average Bonchev–Trinajstić information content (AvgIpc) is 2.96. The molecule has 1 saturated heterocycles. The molecule has 1 aliphatic heterocycles. The van der Waals surface area contributed by atoms with Gasteiger partial charge in [0.1, 0.15) is 6.04 Å². The lowest BCUT2D eigenvalue weighted by Crippen LogP contribution is -2.41. The summed E-state index contributed by atoms with van der Waals surface area (Å²) in [5, 5.41) is 17.7. The zero-order valence-corrected chi connectivity index (χ0v) is 12.4. The molecule has 0 amide bonds. The van der Waals surface area contributed by atoms with Gasteiger partial charge in [0, 0.05) is 6.54 Å². The largest absolute Gasteiger partial charge is 0.480 e. The van der Waals surface area contributed by atoms with Crippen molar-refractivity contribution < 1.29 is 31.5 Å². The summed E-state index contributed by atoms with van der Waals surface area (Å²) in [6.45, 7) is -0.170. The lowest BCUT2D eigenvalue weighted by molar-refractivity contribution is -0.140. The van der Waals surface area contributed by atoms with Crippen molar-refractivity contribution in [3.05, 3.63) is 29.3 Å². The molecule has 1 N–H and O–H groups in total. The molecule has 1 fully saturated rings. The summed E-state index contributed by atoms with van der Waals surface area (Å²) in [5.41, 5.74) is -1.82. The van der Waals surface area contributed by atoms with E-state index in [4.69, 9.17) is 10.4 Å². The Balaban J connectivity index is 2.61. The van der Waals surface area contributed by atoms with E-state index in [0.29, 0.717) is 16.4 Å². The summed E-state index contributed by atoms with van der Waals surface area (Å²) in [6.07, 6.45) is -4.71. The van der Waals surface area contributed by atoms with Gasteiger partial charge in [0.2, 0.25) is 10.0 Å². The number of hydrogen-bond acceptors (Lipinski definition) is 4. The molecule has 1 aliphatic rings. The molecule has 1 heterocycles. The second-order valence-corrected chi connectivity index (χ2v) is 6.79. The van der Waals surface area contributed by atoms with Gasteiger partial charge in [-0.3, -0.25) is 4.79 Å². The number of halogens is 3. The predicted octanol–water partition coefficient (Wildman–Crippen LogP) is 1.81. The normalized spacial score (nSPS) is 19.5. The van der Waals surface area contributed by atoms with Crippen LogP contribution >= 0.6 is 0 Å². The fourth-order valence-corrected chi connectivity index (χ4v) is 4.29. The zero-order chi connectivity index (χ0) is 17.4. The minimum atomic E-state index is -4.99. The van der Waals surface area contributed by atoms with Crippen LogP contribution in [0.1, 0.15) is 24.0 Å². The van der Waals surface area contributed by atoms with Gasteiger partial charge in [0.15, 0.2) is 0 Å². The Morgan fingerprint density at radius 2 is 2.04 bits per heavy atom. The molecule has 0 spiro atoms. The van der Waals surface area contributed by atoms with E-state index in [0.717, 1.165) is 6.07 Å². The second kappa shape index (κ2) is 5.82. The van der Waals surface area contributed by atoms with E-state index >= 15 is 0 Å². The summed E-state index contributed by atoms with van der Waals surface area (Å²) in [5.74, 6) is -1.41. The number of benzene rings is 1. The van der Waals surface area contributed by atoms with Gasteiger partial charge in [0.05, 0.1) is 22.1 Å². The first kappa shape index (κ1) is 17.2. The summed E-state index contributed by atoms with van der Waals surface area (Å²) in [7, 11) is -4.65. The highest BCUT2D eigenvalue weighted by Gasteiger charge is 2.44. The average molecular weight is 348 g/mol. The molecule has 1 unspecified atom stereocenters. The van der Waals surface area contributed by atoms with Crippen LogP contribution in [0.25, 0.3) is 0 Å². The minimum Gasteiger partial charge on any atom is -0.480 e. The van der Waals surface area contributed by atoms with Gasteiger partial charge in [-0.05, 0) is 31.0 Å². The van der Waals surface area contributed by atoms with Gasteiger partial charge in [-0.15, -0.1) is 0 Å². The number of carboxylic acid groups (broad SMARTS) is 1. The van der Waals surface area contributed by atoms with Crippen molar-refractivity contribution in [2.45, 2.75) is 30.0 Å². The number of hydrogen-bond donors (Lipinski definition) is 1. The van der Waals surface area contributed by atoms with Gasteiger partial charge in [-0.1, -0.05) is 0 Å². The van der Waals surface area contributed by atoms with Crippen molar-refractivity contribution in [1.82, 2.24) is 4.31 Å². The van der Waals surface area contributed by atoms with Crippen molar-refractivity contribution in [1.29, 1.82) is 5.26 Å². The Bertz CT molecular complexity index is 783. The smallest absolute Gasteiger partial charge is 0.417 e. The van der Waals surface area contributed by atoms with E-state index in [1.807, 2.05) is 0 Å². The molecular weight excluding hydrogens is 337 g/mol. The number of carboxylic acids is 1. The maximum atomic E-state index is 13.1. The molecule has 0 aromatic heterocycles. The molecule has 1 atom stereocenters. The Morgan fingerprint density at radius 3 is 2.57 bits per heavy atom. The molecule has 0 bridgehead atoms. The van der Waals surface area contributed by atoms with Crippen LogP contribution in [0.3, 0.4) is 0 Å². The molecule has 124 valence electrons. The lowest BCUT2D eigenvalue weighted by Gasteiger charge is -2.23. The number of carbonyl (C=O) groups is 1. The van der Waals surface area contributed by atoms with Crippen LogP contribution in [-0.2, 0) is 21.0 Å². The molecule has 2 rings (SSSR count). The lowest BCUT2D eigenvalue weighted by atomic mass is 10.1. The van der Waals surface area contributed by atoms with E-state index in [-0.39, 0.29) is 24.9 Å². The highest BCUT2D eigenvalue weighted by atomic mass is 32.2. The van der Waals surface area contributed by atoms with Crippen LogP contribution in [0.4, 0.5) is 13.2 Å². The summed E-state index contributed by atoms with van der Waals surface area (Å²) < 4.78 is 64.9. The fraction of sp³-hybridized carbons (Fsp3) is 0.385. The molecular formula is C13H11F3N2O4S. The zero-order valence-electron chi connectivity index (χ0n) is 11.5. The summed E-state index contributed by atoms with van der Waals surface area (Å²) in [4.78, 5) is 10.1. The van der Waals surface area contributed by atoms with Crippen LogP contribution in [-0.4, -0.2) is 36.4 Å². The molecule has 1 aromatic carbocycles. The maximum Gasteiger partial charge on any atom is 0.417 e.